The van der Waals surface area contributed by atoms with Crippen LogP contribution in [0.25, 0.3) is 11.0 Å². The second-order valence-corrected chi connectivity index (χ2v) is 8.97. The molecule has 0 radical (unpaired) electrons. The van der Waals surface area contributed by atoms with E-state index in [2.05, 4.69) is 10.1 Å². The van der Waals surface area contributed by atoms with Crippen LogP contribution in [0.15, 0.2) is 24.4 Å². The fourth-order valence-corrected chi connectivity index (χ4v) is 4.95. The Morgan fingerprint density at radius 1 is 1.38 bits per heavy atom. The van der Waals surface area contributed by atoms with Gasteiger partial charge in [0, 0.05) is 19.8 Å². The Bertz CT molecular complexity index is 1210. The summed E-state index contributed by atoms with van der Waals surface area (Å²) < 4.78 is 28.5. The van der Waals surface area contributed by atoms with E-state index in [9.17, 15) is 18.7 Å². The third-order valence-corrected chi connectivity index (χ3v) is 6.81. The predicted molar refractivity (Wildman–Crippen MR) is 118 cm³/mol. The fraction of sp³-hybridized carbons (Fsp3) is 0.409. The van der Waals surface area contributed by atoms with Gasteiger partial charge in [0.25, 0.3) is 6.43 Å². The summed E-state index contributed by atoms with van der Waals surface area (Å²) >= 11 is 12.6. The van der Waals surface area contributed by atoms with Gasteiger partial charge in [-0.3, -0.25) is 4.79 Å². The Morgan fingerprint density at radius 3 is 2.78 bits per heavy atom. The quantitative estimate of drug-likeness (QED) is 0.596. The molecule has 0 fully saturated rings. The largest absolute Gasteiger partial charge is 0.379 e. The molecule has 0 bridgehead atoms. The van der Waals surface area contributed by atoms with Crippen molar-refractivity contribution in [2.75, 3.05) is 6.54 Å². The molecule has 1 amide bonds. The number of carbonyl (C=O) groups is 1. The van der Waals surface area contributed by atoms with E-state index in [-0.39, 0.29) is 29.1 Å². The van der Waals surface area contributed by atoms with Crippen molar-refractivity contribution in [3.05, 3.63) is 56.8 Å². The van der Waals surface area contributed by atoms with Gasteiger partial charge in [-0.05, 0) is 42.5 Å². The average Bonchev–Trinajstić information content (AvgIpc) is 3.03. The molecule has 32 heavy (non-hydrogen) atoms. The molecule has 2 atom stereocenters. The summed E-state index contributed by atoms with van der Waals surface area (Å²) in [6.07, 6.45) is -1.10. The second kappa shape index (κ2) is 8.24. The molecular formula is C22H22Cl2F2N4O2. The van der Waals surface area contributed by atoms with Crippen LogP contribution in [0.4, 0.5) is 8.78 Å². The number of alkyl halides is 2. The molecule has 1 aromatic carbocycles. The van der Waals surface area contributed by atoms with Crippen LogP contribution in [0.5, 0.6) is 0 Å². The van der Waals surface area contributed by atoms with Gasteiger partial charge in [0.05, 0.1) is 22.9 Å². The molecule has 1 N–H and O–H groups in total. The van der Waals surface area contributed by atoms with E-state index >= 15 is 0 Å². The van der Waals surface area contributed by atoms with E-state index in [0.717, 1.165) is 12.5 Å². The minimum absolute atomic E-state index is 0.00260. The van der Waals surface area contributed by atoms with Gasteiger partial charge in [-0.1, -0.05) is 41.4 Å². The van der Waals surface area contributed by atoms with Crippen molar-refractivity contribution in [1.82, 2.24) is 19.7 Å². The minimum Gasteiger partial charge on any atom is -0.379 e. The Labute approximate surface area is 193 Å². The van der Waals surface area contributed by atoms with Gasteiger partial charge in [-0.25, -0.2) is 18.4 Å². The van der Waals surface area contributed by atoms with Gasteiger partial charge < -0.3 is 10.0 Å². The first-order valence-corrected chi connectivity index (χ1v) is 10.9. The van der Waals surface area contributed by atoms with Crippen LogP contribution >= 0.6 is 23.2 Å². The number of hydrogen-bond donors (Lipinski definition) is 1. The van der Waals surface area contributed by atoms with E-state index in [4.69, 9.17) is 23.2 Å². The molecule has 2 aromatic heterocycles. The molecule has 0 saturated carbocycles. The number of benzene rings is 1. The van der Waals surface area contributed by atoms with E-state index in [1.54, 1.807) is 24.1 Å². The highest BCUT2D eigenvalue weighted by molar-refractivity contribution is 6.36. The zero-order valence-electron chi connectivity index (χ0n) is 17.7. The summed E-state index contributed by atoms with van der Waals surface area (Å²) in [7, 11) is 1.70. The maximum atomic E-state index is 13.5. The third-order valence-electron chi connectivity index (χ3n) is 6.22. The lowest BCUT2D eigenvalue weighted by molar-refractivity contribution is -0.133. The van der Waals surface area contributed by atoms with Crippen molar-refractivity contribution in [3.8, 4) is 0 Å². The summed E-state index contributed by atoms with van der Waals surface area (Å²) in [5, 5.41) is 15.6. The van der Waals surface area contributed by atoms with Gasteiger partial charge >= 0.3 is 0 Å². The molecule has 1 aliphatic heterocycles. The van der Waals surface area contributed by atoms with Crippen molar-refractivity contribution in [3.63, 3.8) is 0 Å². The van der Waals surface area contributed by atoms with Crippen molar-refractivity contribution >= 4 is 40.1 Å². The number of amides is 1. The van der Waals surface area contributed by atoms with Crippen LogP contribution < -0.4 is 0 Å². The van der Waals surface area contributed by atoms with Crippen LogP contribution in [-0.4, -0.2) is 43.6 Å². The van der Waals surface area contributed by atoms with Crippen molar-refractivity contribution in [1.29, 1.82) is 0 Å². The first-order valence-electron chi connectivity index (χ1n) is 10.1. The van der Waals surface area contributed by atoms with E-state index < -0.39 is 12.0 Å². The zero-order valence-corrected chi connectivity index (χ0v) is 19.3. The molecule has 0 spiro atoms. The Hall–Kier alpha value is -2.29. The highest BCUT2D eigenvalue weighted by Crippen LogP contribution is 2.38. The smallest absolute Gasteiger partial charge is 0.270 e. The SMILES string of the molecule is C[C@H]1c2cccc(C(C)(O)C(F)F)c2CCN1C(=O)Cc1c(Cl)cnc2c1c(Cl)nn2C. The molecule has 3 aromatic rings. The van der Waals surface area contributed by atoms with Crippen LogP contribution in [0.1, 0.15) is 42.1 Å². The minimum atomic E-state index is -2.93. The van der Waals surface area contributed by atoms with Gasteiger partial charge in [0.2, 0.25) is 5.91 Å². The molecule has 6 nitrogen and oxygen atoms in total. The number of aromatic nitrogens is 3. The van der Waals surface area contributed by atoms with Crippen LogP contribution in [-0.2, 0) is 30.3 Å². The Balaban J connectivity index is 1.67. The lowest BCUT2D eigenvalue weighted by Crippen LogP contribution is -2.41. The van der Waals surface area contributed by atoms with E-state index in [1.165, 1.54) is 16.9 Å². The van der Waals surface area contributed by atoms with Gasteiger partial charge in [-0.2, -0.15) is 5.10 Å². The van der Waals surface area contributed by atoms with Gasteiger partial charge in [-0.15, -0.1) is 0 Å². The first kappa shape index (κ1) is 22.9. The molecule has 0 aliphatic carbocycles. The number of pyridine rings is 1. The van der Waals surface area contributed by atoms with Gasteiger partial charge in [0.15, 0.2) is 10.8 Å². The number of carbonyl (C=O) groups excluding carboxylic acids is 1. The number of aliphatic hydroxyl groups is 1. The highest BCUT2D eigenvalue weighted by Gasteiger charge is 2.39. The molecule has 170 valence electrons. The zero-order chi connectivity index (χ0) is 23.4. The molecule has 4 rings (SSSR count). The Kier molecular flexibility index (Phi) is 5.90. The van der Waals surface area contributed by atoms with Gasteiger partial charge in [0.1, 0.15) is 5.60 Å². The predicted octanol–water partition coefficient (Wildman–Crippen LogP) is 4.44. The summed E-state index contributed by atoms with van der Waals surface area (Å²) in [6.45, 7) is 3.29. The van der Waals surface area contributed by atoms with Crippen LogP contribution in [0.2, 0.25) is 10.2 Å². The highest BCUT2D eigenvalue weighted by atomic mass is 35.5. The number of fused-ring (bicyclic) bond motifs is 2. The fourth-order valence-electron chi connectivity index (χ4n) is 4.43. The lowest BCUT2D eigenvalue weighted by Gasteiger charge is -2.38. The molecule has 3 heterocycles. The topological polar surface area (TPSA) is 71.2 Å². The number of nitrogens with zero attached hydrogens (tertiary/aromatic N) is 4. The van der Waals surface area contributed by atoms with E-state index in [1.807, 2.05) is 6.92 Å². The maximum absolute atomic E-state index is 13.5. The number of rotatable bonds is 4. The summed E-state index contributed by atoms with van der Waals surface area (Å²) in [5.41, 5.74) is 0.419. The van der Waals surface area contributed by atoms with E-state index in [0.29, 0.717) is 40.1 Å². The normalized spacial score (nSPS) is 18.2. The third kappa shape index (κ3) is 3.64. The molecular weight excluding hydrogens is 461 g/mol. The average molecular weight is 483 g/mol. The Morgan fingerprint density at radius 2 is 2.09 bits per heavy atom. The van der Waals surface area contributed by atoms with Crippen LogP contribution in [0.3, 0.4) is 0 Å². The molecule has 1 unspecified atom stereocenters. The lowest BCUT2D eigenvalue weighted by atomic mass is 9.83. The number of halogens is 4. The number of aryl methyl sites for hydroxylation is 1. The van der Waals surface area contributed by atoms with Crippen LogP contribution in [0, 0.1) is 0 Å². The summed E-state index contributed by atoms with van der Waals surface area (Å²) in [4.78, 5) is 19.2. The monoisotopic (exact) mass is 482 g/mol. The summed E-state index contributed by atoms with van der Waals surface area (Å²) in [5.74, 6) is -0.177. The standard InChI is InChI=1S/C22H22Cl2F2N4O2/c1-11-12-5-4-6-15(22(2,32)21(25)26)13(12)7-8-30(11)17(31)9-14-16(23)10-27-20-18(14)19(24)28-29(20)3/h4-6,10-11,21,32H,7-9H2,1-3H3/t11-,22?/m0/s1. The van der Waals surface area contributed by atoms with Crippen molar-refractivity contribution in [2.24, 2.45) is 7.05 Å². The molecule has 1 aliphatic rings. The molecule has 0 saturated heterocycles. The first-order chi connectivity index (χ1) is 15.0. The van der Waals surface area contributed by atoms with Crippen molar-refractivity contribution < 1.29 is 18.7 Å². The summed E-state index contributed by atoms with van der Waals surface area (Å²) in [6, 6.07) is 4.60. The maximum Gasteiger partial charge on any atom is 0.270 e. The molecule has 10 heteroatoms. The van der Waals surface area contributed by atoms with Crippen molar-refractivity contribution in [2.45, 2.75) is 44.8 Å². The second-order valence-electron chi connectivity index (χ2n) is 8.21. The number of hydrogen-bond acceptors (Lipinski definition) is 4.